The van der Waals surface area contributed by atoms with Crippen LogP contribution in [0.1, 0.15) is 24.1 Å². The van der Waals surface area contributed by atoms with Crippen LogP contribution in [0, 0.1) is 11.6 Å². The van der Waals surface area contributed by atoms with Gasteiger partial charge in [-0.25, -0.2) is 13.6 Å². The maximum atomic E-state index is 13.9. The summed E-state index contributed by atoms with van der Waals surface area (Å²) in [5, 5.41) is 4.88. The van der Waals surface area contributed by atoms with Gasteiger partial charge in [-0.3, -0.25) is 0 Å². The molecule has 0 aromatic heterocycles. The molecule has 0 spiro atoms. The Labute approximate surface area is 169 Å². The first-order valence-electron chi connectivity index (χ1n) is 9.21. The Kier molecular flexibility index (Phi) is 6.45. The Morgan fingerprint density at radius 3 is 2.43 bits per heavy atom. The number of hydrogen-bond donors (Lipinski definition) is 2. The number of nitrogens with zero attached hydrogens (tertiary/aromatic N) is 1. The molecule has 10 heteroatoms. The first kappa shape index (κ1) is 21.8. The van der Waals surface area contributed by atoms with Crippen LogP contribution in [0.4, 0.5) is 38.1 Å². The molecule has 1 saturated heterocycles. The molecular formula is C20H20F5N3O2. The molecule has 1 aliphatic rings. The van der Waals surface area contributed by atoms with Crippen LogP contribution in [-0.2, 0) is 10.9 Å². The summed E-state index contributed by atoms with van der Waals surface area (Å²) in [7, 11) is 0. The van der Waals surface area contributed by atoms with Crippen molar-refractivity contribution < 1.29 is 31.5 Å². The highest BCUT2D eigenvalue weighted by atomic mass is 19.4. The highest BCUT2D eigenvalue weighted by Crippen LogP contribution is 2.35. The smallest absolute Gasteiger partial charge is 0.378 e. The van der Waals surface area contributed by atoms with Gasteiger partial charge in [0.1, 0.15) is 11.6 Å². The summed E-state index contributed by atoms with van der Waals surface area (Å²) in [6.45, 7) is 3.21. The van der Waals surface area contributed by atoms with E-state index in [1.54, 1.807) is 0 Å². The SMILES string of the molecule is CC(NC(=O)Nc1cc(C(F)(F)F)ccc1N1CCOCC1)c1ccc(F)cc1F. The molecule has 1 heterocycles. The van der Waals surface area contributed by atoms with E-state index in [0.717, 1.165) is 18.2 Å². The molecule has 30 heavy (non-hydrogen) atoms. The lowest BCUT2D eigenvalue weighted by molar-refractivity contribution is -0.137. The standard InChI is InChI=1S/C20H20F5N3O2/c1-12(15-4-3-14(21)11-16(15)22)26-19(29)27-17-10-13(20(23,24)25)2-5-18(17)28-6-8-30-9-7-28/h2-5,10-12H,6-9H2,1H3,(H2,26,27,29). The van der Waals surface area contributed by atoms with Crippen molar-refractivity contribution in [3.05, 3.63) is 59.2 Å². The van der Waals surface area contributed by atoms with E-state index < -0.39 is 35.4 Å². The van der Waals surface area contributed by atoms with Gasteiger partial charge in [0.05, 0.1) is 36.2 Å². The summed E-state index contributed by atoms with van der Waals surface area (Å²) in [5.41, 5.74) is -0.477. The fraction of sp³-hybridized carbons (Fsp3) is 0.350. The molecule has 5 nitrogen and oxygen atoms in total. The molecule has 3 rings (SSSR count). The number of hydrogen-bond acceptors (Lipinski definition) is 3. The van der Waals surface area contributed by atoms with Gasteiger partial charge in [-0.2, -0.15) is 13.2 Å². The molecule has 0 radical (unpaired) electrons. The minimum atomic E-state index is -4.58. The van der Waals surface area contributed by atoms with Gasteiger partial charge in [0.15, 0.2) is 0 Å². The van der Waals surface area contributed by atoms with E-state index in [-0.39, 0.29) is 11.3 Å². The summed E-state index contributed by atoms with van der Waals surface area (Å²) < 4.78 is 71.7. The number of urea groups is 1. The van der Waals surface area contributed by atoms with Crippen LogP contribution in [0.15, 0.2) is 36.4 Å². The van der Waals surface area contributed by atoms with Crippen molar-refractivity contribution in [1.82, 2.24) is 5.32 Å². The summed E-state index contributed by atoms with van der Waals surface area (Å²) in [6.07, 6.45) is -4.58. The van der Waals surface area contributed by atoms with Gasteiger partial charge < -0.3 is 20.3 Å². The van der Waals surface area contributed by atoms with Gasteiger partial charge in [0.2, 0.25) is 0 Å². The molecule has 1 fully saturated rings. The summed E-state index contributed by atoms with van der Waals surface area (Å²) >= 11 is 0. The van der Waals surface area contributed by atoms with E-state index in [2.05, 4.69) is 10.6 Å². The fourth-order valence-electron chi connectivity index (χ4n) is 3.18. The van der Waals surface area contributed by atoms with Gasteiger partial charge in [-0.15, -0.1) is 0 Å². The third-order valence-corrected chi connectivity index (χ3v) is 4.70. The minimum Gasteiger partial charge on any atom is -0.378 e. The molecule has 1 atom stereocenters. The predicted molar refractivity (Wildman–Crippen MR) is 101 cm³/mol. The Morgan fingerprint density at radius 2 is 1.80 bits per heavy atom. The number of halogens is 5. The van der Waals surface area contributed by atoms with Gasteiger partial charge in [0, 0.05) is 24.7 Å². The lowest BCUT2D eigenvalue weighted by Gasteiger charge is -2.31. The average Bonchev–Trinajstić information content (AvgIpc) is 2.67. The Morgan fingerprint density at radius 1 is 1.10 bits per heavy atom. The molecule has 0 bridgehead atoms. The van der Waals surface area contributed by atoms with Gasteiger partial charge >= 0.3 is 12.2 Å². The highest BCUT2D eigenvalue weighted by Gasteiger charge is 2.32. The van der Waals surface area contributed by atoms with E-state index >= 15 is 0 Å². The van der Waals surface area contributed by atoms with Crippen molar-refractivity contribution in [2.75, 3.05) is 36.5 Å². The van der Waals surface area contributed by atoms with E-state index in [9.17, 15) is 26.7 Å². The second-order valence-corrected chi connectivity index (χ2v) is 6.82. The molecule has 1 unspecified atom stereocenters. The van der Waals surface area contributed by atoms with Gasteiger partial charge in [-0.1, -0.05) is 6.07 Å². The molecule has 1 aliphatic heterocycles. The number of carbonyl (C=O) groups is 1. The van der Waals surface area contributed by atoms with Crippen LogP contribution < -0.4 is 15.5 Å². The van der Waals surface area contributed by atoms with Crippen LogP contribution in [0.3, 0.4) is 0 Å². The number of morpholine rings is 1. The summed E-state index contributed by atoms with van der Waals surface area (Å²) in [5.74, 6) is -1.59. The van der Waals surface area contributed by atoms with Gasteiger partial charge in [0.25, 0.3) is 0 Å². The third kappa shape index (κ3) is 5.18. The first-order valence-corrected chi connectivity index (χ1v) is 9.21. The number of anilines is 2. The predicted octanol–water partition coefficient (Wildman–Crippen LogP) is 4.70. The lowest BCUT2D eigenvalue weighted by Crippen LogP contribution is -2.37. The molecule has 0 aliphatic carbocycles. The van der Waals surface area contributed by atoms with Crippen LogP contribution in [0.2, 0.25) is 0 Å². The van der Waals surface area contributed by atoms with Crippen molar-refractivity contribution in [3.8, 4) is 0 Å². The van der Waals surface area contributed by atoms with E-state index in [4.69, 9.17) is 4.74 Å². The summed E-state index contributed by atoms with van der Waals surface area (Å²) in [4.78, 5) is 14.2. The van der Waals surface area contributed by atoms with Crippen molar-refractivity contribution in [1.29, 1.82) is 0 Å². The fourth-order valence-corrected chi connectivity index (χ4v) is 3.18. The van der Waals surface area contributed by atoms with E-state index in [0.29, 0.717) is 38.1 Å². The normalized spacial score (nSPS) is 15.6. The Bertz CT molecular complexity index is 914. The number of benzene rings is 2. The quantitative estimate of drug-likeness (QED) is 0.693. The van der Waals surface area contributed by atoms with Crippen molar-refractivity contribution in [2.45, 2.75) is 19.1 Å². The van der Waals surface area contributed by atoms with Crippen LogP contribution >= 0.6 is 0 Å². The maximum Gasteiger partial charge on any atom is 0.416 e. The molecule has 2 N–H and O–H groups in total. The van der Waals surface area contributed by atoms with Crippen molar-refractivity contribution >= 4 is 17.4 Å². The molecule has 0 saturated carbocycles. The topological polar surface area (TPSA) is 53.6 Å². The van der Waals surface area contributed by atoms with Crippen molar-refractivity contribution in [2.24, 2.45) is 0 Å². The zero-order chi connectivity index (χ0) is 21.9. The van der Waals surface area contributed by atoms with E-state index in [1.807, 2.05) is 4.90 Å². The van der Waals surface area contributed by atoms with Crippen LogP contribution in [0.25, 0.3) is 0 Å². The third-order valence-electron chi connectivity index (χ3n) is 4.70. The lowest BCUT2D eigenvalue weighted by atomic mass is 10.1. The molecule has 162 valence electrons. The first-order chi connectivity index (χ1) is 14.1. The molecular weight excluding hydrogens is 409 g/mol. The number of rotatable bonds is 4. The number of ether oxygens (including phenoxy) is 1. The van der Waals surface area contributed by atoms with Crippen LogP contribution in [-0.4, -0.2) is 32.3 Å². The van der Waals surface area contributed by atoms with Gasteiger partial charge in [-0.05, 0) is 31.2 Å². The zero-order valence-electron chi connectivity index (χ0n) is 16.0. The second-order valence-electron chi connectivity index (χ2n) is 6.82. The molecule has 2 amide bonds. The summed E-state index contributed by atoms with van der Waals surface area (Å²) in [6, 6.07) is 4.37. The second kappa shape index (κ2) is 8.86. The number of carbonyl (C=O) groups excluding carboxylic acids is 1. The number of alkyl halides is 3. The minimum absolute atomic E-state index is 0.0315. The highest BCUT2D eigenvalue weighted by molar-refractivity contribution is 5.93. The van der Waals surface area contributed by atoms with Crippen molar-refractivity contribution in [3.63, 3.8) is 0 Å². The molecule has 2 aromatic carbocycles. The van der Waals surface area contributed by atoms with Crippen LogP contribution in [0.5, 0.6) is 0 Å². The maximum absolute atomic E-state index is 13.9. The monoisotopic (exact) mass is 429 g/mol. The average molecular weight is 429 g/mol. The Hall–Kier alpha value is -2.88. The molecule has 2 aromatic rings. The van der Waals surface area contributed by atoms with E-state index in [1.165, 1.54) is 19.1 Å². The Balaban J connectivity index is 1.81. The largest absolute Gasteiger partial charge is 0.416 e. The number of nitrogens with one attached hydrogen (secondary N) is 2. The zero-order valence-corrected chi connectivity index (χ0v) is 16.0. The number of amides is 2.